The summed E-state index contributed by atoms with van der Waals surface area (Å²) in [5.41, 5.74) is 4.64. The second-order valence-electron chi connectivity index (χ2n) is 22.8. The Bertz CT molecular complexity index is 2280. The first-order chi connectivity index (χ1) is 37.6. The number of imide groups is 2. The van der Waals surface area contributed by atoms with E-state index in [1.165, 1.54) is 17.2 Å². The Balaban J connectivity index is 1.16. The summed E-state index contributed by atoms with van der Waals surface area (Å²) in [6, 6.07) is 7.31. The van der Waals surface area contributed by atoms with Gasteiger partial charge in [-0.25, -0.2) is 5.06 Å². The molecule has 4 N–H and O–H groups in total. The lowest BCUT2D eigenvalue weighted by molar-refractivity contribution is -0.200. The molecule has 0 spiro atoms. The molecule has 4 aliphatic rings. The first-order valence-corrected chi connectivity index (χ1v) is 28.7. The number of nitrogens with one attached hydrogen (secondary N) is 4. The summed E-state index contributed by atoms with van der Waals surface area (Å²) in [4.78, 5) is 133. The van der Waals surface area contributed by atoms with Crippen LogP contribution in [0, 0.1) is 23.7 Å². The van der Waals surface area contributed by atoms with Crippen molar-refractivity contribution in [2.24, 2.45) is 23.7 Å². The number of likely N-dealkylation sites (N-methyl/N-ethyl adjacent to an activating group) is 2. The highest BCUT2D eigenvalue weighted by Crippen LogP contribution is 2.53. The van der Waals surface area contributed by atoms with Crippen LogP contribution < -0.4 is 21.5 Å². The fraction of sp³-hybridized carbons (Fsp3) is 0.707. The Morgan fingerprint density at radius 1 is 0.772 bits per heavy atom. The van der Waals surface area contributed by atoms with Crippen LogP contribution in [0.15, 0.2) is 42.5 Å². The number of rotatable bonds is 30. The van der Waals surface area contributed by atoms with Crippen LogP contribution in [-0.2, 0) is 57.5 Å². The third kappa shape index (κ3) is 16.7. The molecule has 1 aliphatic carbocycles. The predicted molar refractivity (Wildman–Crippen MR) is 296 cm³/mol. The number of methoxy groups -OCH3 is 2. The first kappa shape index (κ1) is 64.2. The van der Waals surface area contributed by atoms with E-state index < -0.39 is 65.6 Å². The molecule has 3 heterocycles. The number of unbranched alkanes of at least 4 members (excludes halogenated alkanes) is 2. The van der Waals surface area contributed by atoms with E-state index in [1.807, 2.05) is 81.8 Å². The normalized spacial score (nSPS) is 21.9. The molecular formula is C58H91N9O12. The van der Waals surface area contributed by atoms with Crippen molar-refractivity contribution < 1.29 is 57.5 Å². The van der Waals surface area contributed by atoms with Gasteiger partial charge in [-0.15, -0.1) is 0 Å². The lowest BCUT2D eigenvalue weighted by Crippen LogP contribution is -2.60. The average molecular weight is 1110 g/mol. The van der Waals surface area contributed by atoms with Crippen molar-refractivity contribution in [3.05, 3.63) is 48.0 Å². The summed E-state index contributed by atoms with van der Waals surface area (Å²) in [5.74, 6) is -4.67. The minimum absolute atomic E-state index is 0.0152. The molecule has 10 atom stereocenters. The minimum Gasteiger partial charge on any atom is -0.379 e. The zero-order valence-electron chi connectivity index (χ0n) is 48.8. The molecule has 2 saturated heterocycles. The number of benzene rings is 1. The molecule has 0 aromatic heterocycles. The highest BCUT2D eigenvalue weighted by molar-refractivity contribution is 6.12. The standard InChI is InChI=1S/C58H91N9O12/c1-12-39(6)52(64(9)51(38(4)5)56(75)59-55(74)50(37(2)3)63(8)30-22-27-46(69)62-61-45(68)26-17-14-18-31-66-47(70)28-29-48(66)71)44(77-10)35-49(72)65-32-21-25-43(65)53(78-11)40(7)54(73)60-58(57(76)67-33-19-20-34-79-67)36-42(58)41-23-15-13-16-24-41/h13,15-16,23-24,28-29,37-40,42-44,50-53H,12,14,17-22,25-27,30-36H2,1-11H3,(H,60,73)(H,61,68)(H,62,69)(H,59,74,75)/t39-,40+,42+,43-,44+,50-,51-,52-,53?,58-/m0/s1. The van der Waals surface area contributed by atoms with E-state index in [9.17, 15) is 43.2 Å². The molecule has 3 aliphatic heterocycles. The number of amides is 9. The molecule has 1 saturated carbocycles. The van der Waals surface area contributed by atoms with Crippen molar-refractivity contribution >= 4 is 53.2 Å². The van der Waals surface area contributed by atoms with Crippen LogP contribution in [0.1, 0.15) is 143 Å². The quantitative estimate of drug-likeness (QED) is 0.0484. The minimum atomic E-state index is -1.17. The number of hydrogen-bond donors (Lipinski definition) is 4. The number of nitrogens with zero attached hydrogens (tertiary/aromatic N) is 5. The largest absolute Gasteiger partial charge is 0.379 e. The van der Waals surface area contributed by atoms with Gasteiger partial charge in [0.1, 0.15) is 5.54 Å². The maximum Gasteiger partial charge on any atom is 0.272 e. The third-order valence-corrected chi connectivity index (χ3v) is 16.5. The van der Waals surface area contributed by atoms with E-state index in [-0.39, 0.29) is 84.9 Å². The first-order valence-electron chi connectivity index (χ1n) is 28.7. The van der Waals surface area contributed by atoms with Gasteiger partial charge in [0.25, 0.3) is 17.7 Å². The number of likely N-dealkylation sites (tertiary alicyclic amines) is 1. The fourth-order valence-electron chi connectivity index (χ4n) is 12.0. The second kappa shape index (κ2) is 30.3. The summed E-state index contributed by atoms with van der Waals surface area (Å²) in [7, 11) is 6.71. The Morgan fingerprint density at radius 2 is 1.41 bits per heavy atom. The molecule has 0 radical (unpaired) electrons. The van der Waals surface area contributed by atoms with Gasteiger partial charge in [-0.1, -0.05) is 91.6 Å². The fourth-order valence-corrected chi connectivity index (χ4v) is 12.0. The number of hydrogen-bond acceptors (Lipinski definition) is 14. The van der Waals surface area contributed by atoms with Crippen LogP contribution in [0.2, 0.25) is 0 Å². The molecule has 9 amide bonds. The molecule has 3 fully saturated rings. The number of hydrazine groups is 1. The van der Waals surface area contributed by atoms with Crippen molar-refractivity contribution in [3.63, 3.8) is 0 Å². The Labute approximate surface area is 467 Å². The van der Waals surface area contributed by atoms with Gasteiger partial charge in [0.05, 0.1) is 49.3 Å². The van der Waals surface area contributed by atoms with Crippen molar-refractivity contribution in [3.8, 4) is 0 Å². The van der Waals surface area contributed by atoms with E-state index in [1.54, 1.807) is 33.1 Å². The Morgan fingerprint density at radius 3 is 1.99 bits per heavy atom. The predicted octanol–water partition coefficient (Wildman–Crippen LogP) is 4.01. The molecule has 21 heteroatoms. The van der Waals surface area contributed by atoms with Gasteiger partial charge in [0.2, 0.25) is 35.4 Å². The highest BCUT2D eigenvalue weighted by atomic mass is 16.7. The van der Waals surface area contributed by atoms with Crippen molar-refractivity contribution in [1.29, 1.82) is 0 Å². The van der Waals surface area contributed by atoms with Crippen LogP contribution >= 0.6 is 0 Å². The Hall–Kier alpha value is -5.61. The maximum atomic E-state index is 14.7. The molecule has 0 bridgehead atoms. The number of ether oxygens (including phenoxy) is 2. The van der Waals surface area contributed by atoms with Crippen molar-refractivity contribution in [1.82, 2.24) is 46.1 Å². The highest BCUT2D eigenvalue weighted by Gasteiger charge is 2.64. The van der Waals surface area contributed by atoms with Gasteiger partial charge in [-0.2, -0.15) is 0 Å². The van der Waals surface area contributed by atoms with Gasteiger partial charge >= 0.3 is 0 Å². The average Bonchev–Trinajstić information content (AvgIpc) is 3.90. The van der Waals surface area contributed by atoms with Crippen molar-refractivity contribution in [2.75, 3.05) is 61.1 Å². The lowest BCUT2D eigenvalue weighted by atomic mass is 9.87. The third-order valence-electron chi connectivity index (χ3n) is 16.5. The van der Waals surface area contributed by atoms with Crippen molar-refractivity contribution in [2.45, 2.75) is 180 Å². The molecule has 1 unspecified atom stereocenters. The van der Waals surface area contributed by atoms with E-state index >= 15 is 0 Å². The van der Waals surface area contributed by atoms with Gasteiger partial charge in [-0.05, 0) is 95.3 Å². The molecule has 1 aromatic rings. The topological polar surface area (TPSA) is 246 Å². The van der Waals surface area contributed by atoms with Crippen LogP contribution in [-0.4, -0.2) is 181 Å². The zero-order chi connectivity index (χ0) is 58.1. The van der Waals surface area contributed by atoms with Gasteiger partial charge in [-0.3, -0.25) is 78.9 Å². The summed E-state index contributed by atoms with van der Waals surface area (Å²) in [5, 5.41) is 7.28. The zero-order valence-corrected chi connectivity index (χ0v) is 48.8. The summed E-state index contributed by atoms with van der Waals surface area (Å²) in [6.45, 7) is 15.4. The van der Waals surface area contributed by atoms with Gasteiger partial charge < -0.3 is 19.7 Å². The summed E-state index contributed by atoms with van der Waals surface area (Å²) < 4.78 is 12.3. The monoisotopic (exact) mass is 1110 g/mol. The van der Waals surface area contributed by atoms with Crippen LogP contribution in [0.25, 0.3) is 0 Å². The maximum absolute atomic E-state index is 14.7. The van der Waals surface area contributed by atoms with Gasteiger partial charge in [0, 0.05) is 70.8 Å². The molecule has 440 valence electrons. The lowest BCUT2D eigenvalue weighted by Gasteiger charge is -2.43. The van der Waals surface area contributed by atoms with Crippen LogP contribution in [0.4, 0.5) is 0 Å². The smallest absolute Gasteiger partial charge is 0.272 e. The van der Waals surface area contributed by atoms with E-state index in [2.05, 4.69) is 28.4 Å². The Kier molecular flexibility index (Phi) is 24.6. The van der Waals surface area contributed by atoms with Crippen LogP contribution in [0.3, 0.4) is 0 Å². The second-order valence-corrected chi connectivity index (χ2v) is 22.8. The molecule has 1 aromatic carbocycles. The molecule has 5 rings (SSSR count). The SMILES string of the molecule is CC[C@H](C)[C@@H]([C@@H](CC(=O)N1CCC[C@H]1C(OC)[C@@H](C)C(=O)N[C@@]1(C(=O)N2CCCCO2)C[C@@H]1c1ccccc1)OC)N(C)[C@H](C(=O)NC(=O)[C@H](C(C)C)N(C)CCCC(=O)NNC(=O)CCCCCN1C(=O)C=CC1=O)C(C)C. The van der Waals surface area contributed by atoms with Crippen LogP contribution in [0.5, 0.6) is 0 Å². The van der Waals surface area contributed by atoms with E-state index in [0.29, 0.717) is 77.6 Å². The number of hydroxylamine groups is 2. The molecule has 21 nitrogen and oxygen atoms in total. The number of carbonyl (C=O) groups excluding carboxylic acids is 9. The molecular weight excluding hydrogens is 1010 g/mol. The molecule has 79 heavy (non-hydrogen) atoms. The summed E-state index contributed by atoms with van der Waals surface area (Å²) in [6.07, 6.45) is 7.50. The summed E-state index contributed by atoms with van der Waals surface area (Å²) >= 11 is 0. The number of carbonyl (C=O) groups is 9. The van der Waals surface area contributed by atoms with Gasteiger partial charge in [0.15, 0.2) is 0 Å². The van der Waals surface area contributed by atoms with E-state index in [0.717, 1.165) is 23.3 Å². The van der Waals surface area contributed by atoms with E-state index in [4.69, 9.17) is 14.3 Å².